The van der Waals surface area contributed by atoms with Gasteiger partial charge in [-0.2, -0.15) is 0 Å². The lowest BCUT2D eigenvalue weighted by atomic mass is 9.68. The van der Waals surface area contributed by atoms with E-state index in [0.717, 1.165) is 57.6 Å². The molecule has 37 heavy (non-hydrogen) atoms. The van der Waals surface area contributed by atoms with E-state index in [1.165, 1.54) is 0 Å². The molecular weight excluding hydrogens is 462 g/mol. The van der Waals surface area contributed by atoms with Crippen molar-refractivity contribution in [3.05, 3.63) is 90.5 Å². The molecule has 7 rings (SSSR count). The van der Waals surface area contributed by atoms with Gasteiger partial charge in [-0.1, -0.05) is 54.1 Å². The van der Waals surface area contributed by atoms with Crippen molar-refractivity contribution in [3.8, 4) is 16.8 Å². The topological polar surface area (TPSA) is 79.3 Å². The second-order valence-corrected chi connectivity index (χ2v) is 10.3. The third-order valence-corrected chi connectivity index (χ3v) is 7.71. The molecule has 0 atom stereocenters. The Morgan fingerprint density at radius 3 is 2.46 bits per heavy atom. The van der Waals surface area contributed by atoms with Gasteiger partial charge in [0, 0.05) is 36.1 Å². The molecule has 4 heterocycles. The van der Waals surface area contributed by atoms with E-state index in [1.54, 1.807) is 0 Å². The highest BCUT2D eigenvalue weighted by molar-refractivity contribution is 5.92. The Morgan fingerprint density at radius 2 is 1.73 bits per heavy atom. The van der Waals surface area contributed by atoms with E-state index in [0.29, 0.717) is 26.1 Å². The van der Waals surface area contributed by atoms with Crippen molar-refractivity contribution >= 4 is 16.6 Å². The summed E-state index contributed by atoms with van der Waals surface area (Å²) in [5.41, 5.74) is 12.6. The Bertz CT molecular complexity index is 1600. The molecule has 0 radical (unpaired) electrons. The highest BCUT2D eigenvalue weighted by Crippen LogP contribution is 2.51. The molecule has 1 spiro atoms. The van der Waals surface area contributed by atoms with E-state index >= 15 is 0 Å². The molecule has 2 N–H and O–H groups in total. The summed E-state index contributed by atoms with van der Waals surface area (Å²) in [5, 5.41) is 6.13. The lowest BCUT2D eigenvalue weighted by molar-refractivity contribution is -0.521. The Labute approximate surface area is 215 Å². The van der Waals surface area contributed by atoms with Crippen molar-refractivity contribution in [1.29, 1.82) is 0 Å². The van der Waals surface area contributed by atoms with Crippen LogP contribution in [0.2, 0.25) is 0 Å². The van der Waals surface area contributed by atoms with Crippen LogP contribution < -0.4 is 10.1 Å². The molecule has 1 aliphatic carbocycles. The molecule has 1 saturated heterocycles. The van der Waals surface area contributed by atoms with Crippen LogP contribution in [0.5, 0.6) is 0 Å². The second-order valence-electron chi connectivity index (χ2n) is 10.3. The highest BCUT2D eigenvalue weighted by atomic mass is 16.7. The molecule has 1 aliphatic heterocycles. The van der Waals surface area contributed by atoms with E-state index in [4.69, 9.17) is 25.3 Å². The van der Waals surface area contributed by atoms with Gasteiger partial charge in [0.05, 0.1) is 35.9 Å². The molecular formula is C30H30N5O2+. The van der Waals surface area contributed by atoms with Crippen molar-refractivity contribution in [1.82, 2.24) is 14.8 Å². The SMILES string of the molecule is CCCc1nn(-c2ccc(C3(N)CC4(C3)OCCO4)cc2)c2c3cc(-c4ccccc4)cnc3cc[n+]12. The zero-order valence-electron chi connectivity index (χ0n) is 20.9. The Hall–Kier alpha value is -3.65. The molecule has 2 aromatic carbocycles. The first-order valence-electron chi connectivity index (χ1n) is 13.0. The molecule has 7 nitrogen and oxygen atoms in total. The number of hydrogen-bond donors (Lipinski definition) is 1. The summed E-state index contributed by atoms with van der Waals surface area (Å²) < 4.78 is 15.9. The maximum absolute atomic E-state index is 6.75. The van der Waals surface area contributed by atoms with Crippen LogP contribution in [-0.4, -0.2) is 33.8 Å². The summed E-state index contributed by atoms with van der Waals surface area (Å²) in [6, 6.07) is 23.1. The number of ether oxygens (including phenoxy) is 2. The third kappa shape index (κ3) is 3.65. The lowest BCUT2D eigenvalue weighted by Gasteiger charge is -2.50. The molecule has 2 aliphatic rings. The minimum atomic E-state index is -0.486. The molecule has 1 saturated carbocycles. The van der Waals surface area contributed by atoms with Crippen molar-refractivity contribution in [2.24, 2.45) is 5.73 Å². The summed E-state index contributed by atoms with van der Waals surface area (Å²) in [7, 11) is 0. The molecule has 0 bridgehead atoms. The number of pyridine rings is 2. The fourth-order valence-corrected chi connectivity index (χ4v) is 5.88. The van der Waals surface area contributed by atoms with Crippen LogP contribution in [-0.2, 0) is 21.4 Å². The van der Waals surface area contributed by atoms with E-state index in [1.807, 2.05) is 16.9 Å². The minimum Gasteiger partial charge on any atom is -0.347 e. The fourth-order valence-electron chi connectivity index (χ4n) is 5.88. The first kappa shape index (κ1) is 22.5. The summed E-state index contributed by atoms with van der Waals surface area (Å²) >= 11 is 0. The number of hydrogen-bond acceptors (Lipinski definition) is 5. The Kier molecular flexibility index (Phi) is 5.15. The fraction of sp³-hybridized carbons (Fsp3) is 0.300. The highest BCUT2D eigenvalue weighted by Gasteiger charge is 2.57. The van der Waals surface area contributed by atoms with Crippen LogP contribution in [0, 0.1) is 0 Å². The molecule has 0 amide bonds. The van der Waals surface area contributed by atoms with Gasteiger partial charge in [-0.15, -0.1) is 0 Å². The monoisotopic (exact) mass is 492 g/mol. The average molecular weight is 493 g/mol. The van der Waals surface area contributed by atoms with Gasteiger partial charge in [0.25, 0.3) is 11.5 Å². The van der Waals surface area contributed by atoms with Gasteiger partial charge >= 0.3 is 0 Å². The van der Waals surface area contributed by atoms with Crippen LogP contribution >= 0.6 is 0 Å². The predicted octanol–water partition coefficient (Wildman–Crippen LogP) is 4.47. The smallest absolute Gasteiger partial charge is 0.282 e. The lowest BCUT2D eigenvalue weighted by Crippen LogP contribution is -2.60. The molecule has 3 aromatic heterocycles. The van der Waals surface area contributed by atoms with Gasteiger partial charge in [-0.25, -0.2) is 4.40 Å². The van der Waals surface area contributed by atoms with E-state index in [2.05, 4.69) is 78.2 Å². The molecule has 7 heteroatoms. The summed E-state index contributed by atoms with van der Waals surface area (Å²) in [5.74, 6) is 0.542. The van der Waals surface area contributed by atoms with Gasteiger partial charge in [-0.3, -0.25) is 4.98 Å². The number of aryl methyl sites for hydroxylation is 1. The van der Waals surface area contributed by atoms with Crippen molar-refractivity contribution in [2.45, 2.75) is 43.9 Å². The molecule has 5 aromatic rings. The van der Waals surface area contributed by atoms with Crippen molar-refractivity contribution < 1.29 is 13.9 Å². The zero-order valence-corrected chi connectivity index (χ0v) is 20.9. The van der Waals surface area contributed by atoms with E-state index < -0.39 is 11.3 Å². The molecule has 186 valence electrons. The largest absolute Gasteiger partial charge is 0.347 e. The summed E-state index contributed by atoms with van der Waals surface area (Å²) in [4.78, 5) is 4.80. The van der Waals surface area contributed by atoms with Crippen LogP contribution in [0.4, 0.5) is 0 Å². The maximum atomic E-state index is 6.75. The number of rotatable bonds is 5. The van der Waals surface area contributed by atoms with Crippen LogP contribution in [0.3, 0.4) is 0 Å². The standard InChI is InChI=1S/C30H30N5O2/c1-2-6-27-33-35(24-11-9-23(10-12-24)29(31)19-30(20-29)36-15-16-37-30)28-25-17-22(21-7-4-3-5-8-21)18-32-26(25)13-14-34(27)28/h3-5,7-14,17-18H,2,6,15-16,19-20,31H2,1H3/q+1. The normalized spacial score (nSPS) is 18.0. The predicted molar refractivity (Wildman–Crippen MR) is 141 cm³/mol. The number of aromatic nitrogens is 4. The third-order valence-electron chi connectivity index (χ3n) is 7.71. The van der Waals surface area contributed by atoms with E-state index in [9.17, 15) is 0 Å². The van der Waals surface area contributed by atoms with Crippen molar-refractivity contribution in [2.75, 3.05) is 13.2 Å². The second kappa shape index (κ2) is 8.45. The number of fused-ring (bicyclic) bond motifs is 3. The average Bonchev–Trinajstić information content (AvgIpc) is 3.54. The first-order chi connectivity index (χ1) is 18.1. The number of benzene rings is 2. The van der Waals surface area contributed by atoms with Gasteiger partial charge < -0.3 is 15.2 Å². The number of nitrogens with zero attached hydrogens (tertiary/aromatic N) is 4. The summed E-state index contributed by atoms with van der Waals surface area (Å²) in [6.45, 7) is 3.47. The Balaban J connectivity index is 1.33. The van der Waals surface area contributed by atoms with Gasteiger partial charge in [0.1, 0.15) is 5.69 Å². The maximum Gasteiger partial charge on any atom is 0.282 e. The molecule has 0 unspecified atom stereocenters. The quantitative estimate of drug-likeness (QED) is 0.366. The van der Waals surface area contributed by atoms with Crippen LogP contribution in [0.1, 0.15) is 37.6 Å². The van der Waals surface area contributed by atoms with Gasteiger partial charge in [0.2, 0.25) is 0 Å². The number of nitrogens with two attached hydrogens (primary N) is 1. The first-order valence-corrected chi connectivity index (χ1v) is 13.0. The zero-order chi connectivity index (χ0) is 25.0. The summed E-state index contributed by atoms with van der Waals surface area (Å²) in [6.07, 6.45) is 7.29. The van der Waals surface area contributed by atoms with Crippen LogP contribution in [0.15, 0.2) is 79.1 Å². The van der Waals surface area contributed by atoms with Crippen LogP contribution in [0.25, 0.3) is 33.4 Å². The Morgan fingerprint density at radius 1 is 0.973 bits per heavy atom. The molecule has 2 fully saturated rings. The van der Waals surface area contributed by atoms with Gasteiger partial charge in [0.15, 0.2) is 5.79 Å². The minimum absolute atomic E-state index is 0.432. The van der Waals surface area contributed by atoms with Gasteiger partial charge in [-0.05, 0) is 41.8 Å². The van der Waals surface area contributed by atoms with E-state index in [-0.39, 0.29) is 0 Å². The van der Waals surface area contributed by atoms with Crippen molar-refractivity contribution in [3.63, 3.8) is 0 Å².